The van der Waals surface area contributed by atoms with E-state index in [0.717, 1.165) is 56.8 Å². The van der Waals surface area contributed by atoms with Gasteiger partial charge in [0.25, 0.3) is 0 Å². The predicted octanol–water partition coefficient (Wildman–Crippen LogP) is 2.47. The number of aliphatic hydroxyl groups excluding tert-OH is 1. The molecule has 18 heavy (non-hydrogen) atoms. The molecule has 0 aliphatic carbocycles. The number of aliphatic hydroxyl groups is 1. The van der Waals surface area contributed by atoms with Crippen molar-refractivity contribution in [2.24, 2.45) is 5.92 Å². The molecular weight excluding hydrogens is 228 g/mol. The lowest BCUT2D eigenvalue weighted by atomic mass is 9.87. The molecule has 1 aromatic rings. The van der Waals surface area contributed by atoms with E-state index in [1.165, 1.54) is 5.56 Å². The van der Waals surface area contributed by atoms with Crippen LogP contribution in [0.4, 0.5) is 0 Å². The van der Waals surface area contributed by atoms with Gasteiger partial charge in [-0.25, -0.2) is 0 Å². The molecule has 0 bridgehead atoms. The molecule has 3 heteroatoms. The first-order valence-electron chi connectivity index (χ1n) is 6.86. The molecule has 0 saturated carbocycles. The van der Waals surface area contributed by atoms with Gasteiger partial charge in [-0.15, -0.1) is 0 Å². The third kappa shape index (κ3) is 2.25. The van der Waals surface area contributed by atoms with Crippen molar-refractivity contribution in [3.8, 4) is 5.75 Å². The Morgan fingerprint density at radius 3 is 2.83 bits per heavy atom. The predicted molar refractivity (Wildman–Crippen MR) is 68.8 cm³/mol. The molecule has 0 spiro atoms. The molecule has 2 heterocycles. The standard InChI is InChI=1S/C15H20O3/c16-14(11-6-9-17-10-7-11)13-5-1-3-12-4-2-8-18-15(12)13/h1,3,5,11,14,16H,2,4,6-10H2. The first-order valence-corrected chi connectivity index (χ1v) is 6.86. The van der Waals surface area contributed by atoms with Crippen molar-refractivity contribution in [3.63, 3.8) is 0 Å². The summed E-state index contributed by atoms with van der Waals surface area (Å²) >= 11 is 0. The maximum atomic E-state index is 10.6. The maximum absolute atomic E-state index is 10.6. The van der Waals surface area contributed by atoms with Crippen LogP contribution in [0.2, 0.25) is 0 Å². The van der Waals surface area contributed by atoms with Crippen LogP contribution in [0, 0.1) is 5.92 Å². The number of hydrogen-bond acceptors (Lipinski definition) is 3. The fourth-order valence-corrected chi connectivity index (χ4v) is 2.93. The van der Waals surface area contributed by atoms with Crippen LogP contribution in [0.25, 0.3) is 0 Å². The SMILES string of the molecule is OC(c1cccc2c1OCCC2)C1CCOCC1. The summed E-state index contributed by atoms with van der Waals surface area (Å²) in [6.45, 7) is 2.29. The van der Waals surface area contributed by atoms with Gasteiger partial charge in [-0.3, -0.25) is 0 Å². The first-order chi connectivity index (χ1) is 8.86. The average molecular weight is 248 g/mol. The minimum atomic E-state index is -0.415. The molecule has 0 radical (unpaired) electrons. The van der Waals surface area contributed by atoms with E-state index < -0.39 is 6.10 Å². The Morgan fingerprint density at radius 1 is 1.17 bits per heavy atom. The lowest BCUT2D eigenvalue weighted by molar-refractivity contribution is 0.00598. The monoisotopic (exact) mass is 248 g/mol. The Bertz CT molecular complexity index is 410. The molecule has 1 unspecified atom stereocenters. The molecule has 98 valence electrons. The van der Waals surface area contributed by atoms with E-state index >= 15 is 0 Å². The van der Waals surface area contributed by atoms with Gasteiger partial charge >= 0.3 is 0 Å². The molecule has 3 rings (SSSR count). The Balaban J connectivity index is 1.86. The van der Waals surface area contributed by atoms with Gasteiger partial charge in [0.15, 0.2) is 0 Å². The van der Waals surface area contributed by atoms with E-state index in [1.807, 2.05) is 12.1 Å². The Labute approximate surface area is 108 Å². The number of para-hydroxylation sites is 1. The highest BCUT2D eigenvalue weighted by Gasteiger charge is 2.27. The zero-order valence-electron chi connectivity index (χ0n) is 10.6. The minimum absolute atomic E-state index is 0.302. The molecule has 0 amide bonds. The van der Waals surface area contributed by atoms with Crippen molar-refractivity contribution in [3.05, 3.63) is 29.3 Å². The van der Waals surface area contributed by atoms with Gasteiger partial charge in [0, 0.05) is 18.8 Å². The smallest absolute Gasteiger partial charge is 0.128 e. The van der Waals surface area contributed by atoms with E-state index in [9.17, 15) is 5.11 Å². The lowest BCUT2D eigenvalue weighted by Crippen LogP contribution is -2.23. The number of hydrogen-bond donors (Lipinski definition) is 1. The fourth-order valence-electron chi connectivity index (χ4n) is 2.93. The number of ether oxygens (including phenoxy) is 2. The van der Waals surface area contributed by atoms with Crippen LogP contribution >= 0.6 is 0 Å². The first kappa shape index (κ1) is 12.0. The number of fused-ring (bicyclic) bond motifs is 1. The fraction of sp³-hybridized carbons (Fsp3) is 0.600. The Morgan fingerprint density at radius 2 is 2.00 bits per heavy atom. The third-order valence-electron chi connectivity index (χ3n) is 4.00. The van der Waals surface area contributed by atoms with Crippen molar-refractivity contribution in [2.45, 2.75) is 31.8 Å². The van der Waals surface area contributed by atoms with Gasteiger partial charge in [0.1, 0.15) is 5.75 Å². The zero-order chi connectivity index (χ0) is 12.4. The molecule has 1 atom stereocenters. The van der Waals surface area contributed by atoms with Crippen LogP contribution in [0.5, 0.6) is 5.75 Å². The highest BCUT2D eigenvalue weighted by atomic mass is 16.5. The van der Waals surface area contributed by atoms with Crippen molar-refractivity contribution in [1.29, 1.82) is 0 Å². The van der Waals surface area contributed by atoms with Crippen LogP contribution in [-0.2, 0) is 11.2 Å². The van der Waals surface area contributed by atoms with Gasteiger partial charge in [-0.05, 0) is 37.2 Å². The summed E-state index contributed by atoms with van der Waals surface area (Å²) < 4.78 is 11.1. The molecule has 2 aliphatic rings. The summed E-state index contributed by atoms with van der Waals surface area (Å²) in [5.74, 6) is 1.23. The van der Waals surface area contributed by atoms with Gasteiger partial charge in [0.2, 0.25) is 0 Å². The number of benzene rings is 1. The van der Waals surface area contributed by atoms with Gasteiger partial charge in [-0.2, -0.15) is 0 Å². The molecule has 2 aliphatic heterocycles. The summed E-state index contributed by atoms with van der Waals surface area (Å²) in [6.07, 6.45) is 3.59. The molecule has 0 aromatic heterocycles. The van der Waals surface area contributed by atoms with Crippen LogP contribution in [0.3, 0.4) is 0 Å². The second kappa shape index (κ2) is 5.29. The average Bonchev–Trinajstić information content (AvgIpc) is 2.47. The number of rotatable bonds is 2. The van der Waals surface area contributed by atoms with Crippen LogP contribution in [0.1, 0.15) is 36.5 Å². The van der Waals surface area contributed by atoms with Crippen LogP contribution < -0.4 is 4.74 Å². The highest BCUT2D eigenvalue weighted by molar-refractivity contribution is 5.44. The summed E-state index contributed by atoms with van der Waals surface area (Å²) in [5, 5.41) is 10.6. The summed E-state index contributed by atoms with van der Waals surface area (Å²) in [5.41, 5.74) is 2.21. The van der Waals surface area contributed by atoms with Crippen LogP contribution in [0.15, 0.2) is 18.2 Å². The van der Waals surface area contributed by atoms with E-state index in [4.69, 9.17) is 9.47 Å². The summed E-state index contributed by atoms with van der Waals surface area (Å²) in [7, 11) is 0. The molecular formula is C15H20O3. The van der Waals surface area contributed by atoms with Crippen molar-refractivity contribution < 1.29 is 14.6 Å². The van der Waals surface area contributed by atoms with Crippen LogP contribution in [-0.4, -0.2) is 24.9 Å². The molecule has 1 aromatic carbocycles. The largest absolute Gasteiger partial charge is 0.493 e. The topological polar surface area (TPSA) is 38.7 Å². The molecule has 1 saturated heterocycles. The van der Waals surface area contributed by atoms with E-state index in [-0.39, 0.29) is 0 Å². The third-order valence-corrected chi connectivity index (χ3v) is 4.00. The normalized spacial score (nSPS) is 22.1. The van der Waals surface area contributed by atoms with E-state index in [1.54, 1.807) is 0 Å². The Hall–Kier alpha value is -1.06. The Kier molecular flexibility index (Phi) is 3.52. The quantitative estimate of drug-likeness (QED) is 0.873. The number of aryl methyl sites for hydroxylation is 1. The lowest BCUT2D eigenvalue weighted by Gasteiger charge is -2.29. The van der Waals surface area contributed by atoms with Crippen molar-refractivity contribution in [2.75, 3.05) is 19.8 Å². The van der Waals surface area contributed by atoms with Gasteiger partial charge in [0.05, 0.1) is 12.7 Å². The summed E-state index contributed by atoms with van der Waals surface area (Å²) in [6, 6.07) is 6.14. The van der Waals surface area contributed by atoms with Crippen molar-refractivity contribution >= 4 is 0 Å². The maximum Gasteiger partial charge on any atom is 0.128 e. The summed E-state index contributed by atoms with van der Waals surface area (Å²) in [4.78, 5) is 0. The van der Waals surface area contributed by atoms with E-state index in [2.05, 4.69) is 6.07 Å². The van der Waals surface area contributed by atoms with Gasteiger partial charge < -0.3 is 14.6 Å². The highest BCUT2D eigenvalue weighted by Crippen LogP contribution is 2.38. The van der Waals surface area contributed by atoms with Crippen molar-refractivity contribution in [1.82, 2.24) is 0 Å². The second-order valence-electron chi connectivity index (χ2n) is 5.18. The molecule has 1 N–H and O–H groups in total. The molecule has 3 nitrogen and oxygen atoms in total. The minimum Gasteiger partial charge on any atom is -0.493 e. The zero-order valence-corrected chi connectivity index (χ0v) is 10.6. The van der Waals surface area contributed by atoms with Gasteiger partial charge in [-0.1, -0.05) is 18.2 Å². The molecule has 1 fully saturated rings. The second-order valence-corrected chi connectivity index (χ2v) is 5.18. The van der Waals surface area contributed by atoms with E-state index in [0.29, 0.717) is 5.92 Å².